The predicted octanol–water partition coefficient (Wildman–Crippen LogP) is 3.98. The second-order valence-electron chi connectivity index (χ2n) is 7.09. The summed E-state index contributed by atoms with van der Waals surface area (Å²) in [6, 6.07) is 18.9. The van der Waals surface area contributed by atoms with E-state index >= 15 is 0 Å². The number of rotatable bonds is 4. The van der Waals surface area contributed by atoms with Gasteiger partial charge in [0.1, 0.15) is 11.6 Å². The lowest BCUT2D eigenvalue weighted by atomic mass is 10.1. The van der Waals surface area contributed by atoms with Gasteiger partial charge in [0.25, 0.3) is 0 Å². The molecular weight excluding hydrogens is 378 g/mol. The van der Waals surface area contributed by atoms with Crippen LogP contribution in [0, 0.1) is 0 Å². The van der Waals surface area contributed by atoms with Gasteiger partial charge in [0.15, 0.2) is 0 Å². The van der Waals surface area contributed by atoms with Crippen molar-refractivity contribution in [3.05, 3.63) is 66.9 Å². The number of ether oxygens (including phenoxy) is 1. The number of nitrogens with zero attached hydrogens (tertiary/aromatic N) is 4. The van der Waals surface area contributed by atoms with Crippen LogP contribution in [-0.2, 0) is 4.74 Å². The number of fused-ring (bicyclic) bond motifs is 1. The van der Waals surface area contributed by atoms with Crippen LogP contribution in [0.5, 0.6) is 5.75 Å². The number of para-hydroxylation sites is 1. The number of morpholine rings is 1. The predicted molar refractivity (Wildman–Crippen MR) is 117 cm³/mol. The van der Waals surface area contributed by atoms with Crippen LogP contribution in [0.2, 0.25) is 0 Å². The van der Waals surface area contributed by atoms with E-state index in [0.717, 1.165) is 40.9 Å². The number of hydrogen-bond donors (Lipinski definition) is 2. The fourth-order valence-corrected chi connectivity index (χ4v) is 3.56. The lowest BCUT2D eigenvalue weighted by molar-refractivity contribution is 0.122. The maximum Gasteiger partial charge on any atom is 0.228 e. The first kappa shape index (κ1) is 18.3. The third-order valence-corrected chi connectivity index (χ3v) is 5.05. The fraction of sp³-hybridized carbons (Fsp3) is 0.174. The summed E-state index contributed by atoms with van der Waals surface area (Å²) in [4.78, 5) is 16.2. The van der Waals surface area contributed by atoms with Gasteiger partial charge in [-0.1, -0.05) is 30.3 Å². The van der Waals surface area contributed by atoms with Crippen molar-refractivity contribution in [2.75, 3.05) is 36.5 Å². The van der Waals surface area contributed by atoms with E-state index in [1.807, 2.05) is 48.5 Å². The second kappa shape index (κ2) is 7.96. The molecule has 0 unspecified atom stereocenters. The maximum absolute atomic E-state index is 9.92. The van der Waals surface area contributed by atoms with Crippen LogP contribution in [0.4, 0.5) is 17.5 Å². The molecule has 2 N–H and O–H groups in total. The van der Waals surface area contributed by atoms with Gasteiger partial charge in [-0.25, -0.2) is 4.98 Å². The van der Waals surface area contributed by atoms with Crippen LogP contribution in [0.1, 0.15) is 0 Å². The fourth-order valence-electron chi connectivity index (χ4n) is 3.56. The highest BCUT2D eigenvalue weighted by Crippen LogP contribution is 2.29. The van der Waals surface area contributed by atoms with Gasteiger partial charge in [0.2, 0.25) is 5.95 Å². The quantitative estimate of drug-likeness (QED) is 0.537. The molecule has 1 fully saturated rings. The normalized spacial score (nSPS) is 14.1. The highest BCUT2D eigenvalue weighted by atomic mass is 16.5. The lowest BCUT2D eigenvalue weighted by Gasteiger charge is -2.27. The molecular formula is C23H21N5O2. The SMILES string of the molecule is Oc1cccc(-c2cc(Nc3cccc4cccnc34)nc(N3CCOCC3)n2)c1. The smallest absolute Gasteiger partial charge is 0.228 e. The van der Waals surface area contributed by atoms with Crippen LogP contribution >= 0.6 is 0 Å². The van der Waals surface area contributed by atoms with Crippen LogP contribution in [-0.4, -0.2) is 46.4 Å². The molecule has 0 aliphatic carbocycles. The topological polar surface area (TPSA) is 83.4 Å². The van der Waals surface area contributed by atoms with Gasteiger partial charge in [-0.2, -0.15) is 4.98 Å². The van der Waals surface area contributed by atoms with E-state index in [1.54, 1.807) is 18.3 Å². The Morgan fingerprint density at radius 1 is 0.933 bits per heavy atom. The van der Waals surface area contributed by atoms with E-state index in [4.69, 9.17) is 14.7 Å². The Kier molecular flexibility index (Phi) is 4.86. The third-order valence-electron chi connectivity index (χ3n) is 5.05. The molecule has 0 saturated carbocycles. The van der Waals surface area contributed by atoms with E-state index in [9.17, 15) is 5.11 Å². The number of benzene rings is 2. The molecule has 0 radical (unpaired) electrons. The molecule has 3 heterocycles. The van der Waals surface area contributed by atoms with Crippen molar-refractivity contribution >= 4 is 28.4 Å². The van der Waals surface area contributed by atoms with E-state index < -0.39 is 0 Å². The van der Waals surface area contributed by atoms with Gasteiger partial charge < -0.3 is 20.1 Å². The number of aromatic nitrogens is 3. The average molecular weight is 399 g/mol. The molecule has 0 amide bonds. The maximum atomic E-state index is 9.92. The summed E-state index contributed by atoms with van der Waals surface area (Å²) >= 11 is 0. The van der Waals surface area contributed by atoms with E-state index in [-0.39, 0.29) is 5.75 Å². The third kappa shape index (κ3) is 3.75. The van der Waals surface area contributed by atoms with Gasteiger partial charge >= 0.3 is 0 Å². The first-order valence-electron chi connectivity index (χ1n) is 9.88. The highest BCUT2D eigenvalue weighted by Gasteiger charge is 2.17. The minimum atomic E-state index is 0.201. The van der Waals surface area contributed by atoms with E-state index in [0.29, 0.717) is 25.0 Å². The van der Waals surface area contributed by atoms with Crippen LogP contribution in [0.25, 0.3) is 22.2 Å². The van der Waals surface area contributed by atoms with Crippen molar-refractivity contribution in [1.29, 1.82) is 0 Å². The molecule has 4 aromatic rings. The number of anilines is 3. The second-order valence-corrected chi connectivity index (χ2v) is 7.09. The molecule has 7 nitrogen and oxygen atoms in total. The Labute approximate surface area is 174 Å². The summed E-state index contributed by atoms with van der Waals surface area (Å²) < 4.78 is 5.47. The van der Waals surface area contributed by atoms with Crippen molar-refractivity contribution in [2.24, 2.45) is 0 Å². The molecule has 2 aromatic carbocycles. The number of phenols is 1. The van der Waals surface area contributed by atoms with Crippen LogP contribution in [0.3, 0.4) is 0 Å². The van der Waals surface area contributed by atoms with Gasteiger partial charge in [-0.05, 0) is 24.3 Å². The molecule has 7 heteroatoms. The highest BCUT2D eigenvalue weighted by molar-refractivity contribution is 5.91. The molecule has 0 atom stereocenters. The van der Waals surface area contributed by atoms with Gasteiger partial charge in [0, 0.05) is 36.3 Å². The Bertz CT molecular complexity index is 1190. The minimum absolute atomic E-state index is 0.201. The largest absolute Gasteiger partial charge is 0.508 e. The van der Waals surface area contributed by atoms with Gasteiger partial charge in [-0.15, -0.1) is 0 Å². The van der Waals surface area contributed by atoms with Crippen molar-refractivity contribution in [2.45, 2.75) is 0 Å². The zero-order valence-electron chi connectivity index (χ0n) is 16.3. The Hall–Kier alpha value is -3.71. The van der Waals surface area contributed by atoms with E-state index in [1.165, 1.54) is 0 Å². The molecule has 5 rings (SSSR count). The van der Waals surface area contributed by atoms with Crippen molar-refractivity contribution in [3.8, 4) is 17.0 Å². The molecule has 2 aromatic heterocycles. The molecule has 0 bridgehead atoms. The minimum Gasteiger partial charge on any atom is -0.508 e. The Morgan fingerprint density at radius 2 is 1.77 bits per heavy atom. The number of pyridine rings is 1. The number of nitrogens with one attached hydrogen (secondary N) is 1. The molecule has 1 aliphatic rings. The van der Waals surface area contributed by atoms with Gasteiger partial charge in [0.05, 0.1) is 30.1 Å². The van der Waals surface area contributed by atoms with Crippen LogP contribution in [0.15, 0.2) is 66.9 Å². The molecule has 1 aliphatic heterocycles. The molecule has 1 saturated heterocycles. The number of aromatic hydroxyl groups is 1. The monoisotopic (exact) mass is 399 g/mol. The summed E-state index contributed by atoms with van der Waals surface area (Å²) in [5.74, 6) is 1.50. The first-order valence-corrected chi connectivity index (χ1v) is 9.88. The Balaban J connectivity index is 1.58. The summed E-state index contributed by atoms with van der Waals surface area (Å²) in [5.41, 5.74) is 3.32. The van der Waals surface area contributed by atoms with Crippen LogP contribution < -0.4 is 10.2 Å². The summed E-state index contributed by atoms with van der Waals surface area (Å²) in [7, 11) is 0. The lowest BCUT2D eigenvalue weighted by Crippen LogP contribution is -2.37. The van der Waals surface area contributed by atoms with Crippen molar-refractivity contribution < 1.29 is 9.84 Å². The number of hydrogen-bond acceptors (Lipinski definition) is 7. The zero-order chi connectivity index (χ0) is 20.3. The molecule has 0 spiro atoms. The first-order chi connectivity index (χ1) is 14.8. The summed E-state index contributed by atoms with van der Waals surface area (Å²) in [6.45, 7) is 2.77. The van der Waals surface area contributed by atoms with E-state index in [2.05, 4.69) is 15.2 Å². The van der Waals surface area contributed by atoms with Crippen molar-refractivity contribution in [3.63, 3.8) is 0 Å². The van der Waals surface area contributed by atoms with Gasteiger partial charge in [-0.3, -0.25) is 4.98 Å². The molecule has 30 heavy (non-hydrogen) atoms. The number of phenolic OH excluding ortho intramolecular Hbond substituents is 1. The summed E-state index contributed by atoms with van der Waals surface area (Å²) in [5, 5.41) is 14.4. The summed E-state index contributed by atoms with van der Waals surface area (Å²) in [6.07, 6.45) is 1.78. The molecule has 150 valence electrons. The standard InChI is InChI=1S/C23H21N5O2/c29-18-7-1-5-17(14-18)20-15-21(27-23(26-20)28-10-12-30-13-11-28)25-19-8-2-4-16-6-3-9-24-22(16)19/h1-9,14-15,29H,10-13H2,(H,25,26,27). The average Bonchev–Trinajstić information content (AvgIpc) is 2.80. The van der Waals surface area contributed by atoms with Crippen molar-refractivity contribution in [1.82, 2.24) is 15.0 Å². The zero-order valence-corrected chi connectivity index (χ0v) is 16.3. The Morgan fingerprint density at radius 3 is 2.63 bits per heavy atom.